The number of likely N-dealkylation sites (tertiary alicyclic amines) is 1. The number of halogens is 1. The molecule has 2 aromatic carbocycles. The third-order valence-electron chi connectivity index (χ3n) is 6.69. The minimum atomic E-state index is -0.357. The number of aldehydes is 1. The molecule has 2 aromatic rings. The van der Waals surface area contributed by atoms with E-state index in [0.717, 1.165) is 63.7 Å². The second kappa shape index (κ2) is 12.8. The number of carbonyl (C=O) groups excluding carboxylic acids is 1. The molecule has 0 saturated carbocycles. The smallest absolute Gasteiger partial charge is 0.136 e. The minimum absolute atomic E-state index is 0.186. The van der Waals surface area contributed by atoms with Gasteiger partial charge in [0.15, 0.2) is 0 Å². The first-order chi connectivity index (χ1) is 16.3. The van der Waals surface area contributed by atoms with Crippen LogP contribution in [0.4, 0.5) is 10.1 Å². The van der Waals surface area contributed by atoms with Crippen molar-refractivity contribution in [2.24, 2.45) is 11.7 Å². The van der Waals surface area contributed by atoms with Crippen LogP contribution in [-0.4, -0.2) is 49.4 Å². The van der Waals surface area contributed by atoms with E-state index in [0.29, 0.717) is 12.0 Å². The average molecular weight is 466 g/mol. The second-order valence-corrected chi connectivity index (χ2v) is 10.1. The highest BCUT2D eigenvalue weighted by molar-refractivity contribution is 5.56. The summed E-state index contributed by atoms with van der Waals surface area (Å²) < 4.78 is 13.1. The molecular weight excluding hydrogens is 425 g/mol. The van der Waals surface area contributed by atoms with Gasteiger partial charge in [-0.1, -0.05) is 42.8 Å². The zero-order valence-corrected chi connectivity index (χ0v) is 20.9. The molecule has 0 radical (unpaired) electrons. The Kier molecular flexibility index (Phi) is 9.85. The van der Waals surface area contributed by atoms with Crippen LogP contribution >= 0.6 is 0 Å². The maximum atomic E-state index is 13.1. The number of aryl methyl sites for hydroxylation is 2. The summed E-state index contributed by atoms with van der Waals surface area (Å²) in [5.74, 6) is 0.222. The Bertz CT molecular complexity index is 921. The maximum absolute atomic E-state index is 13.1. The molecule has 34 heavy (non-hydrogen) atoms. The predicted molar refractivity (Wildman–Crippen MR) is 140 cm³/mol. The fraction of sp³-hybridized carbons (Fsp3) is 0.483. The lowest BCUT2D eigenvalue weighted by atomic mass is 10.0. The van der Waals surface area contributed by atoms with Gasteiger partial charge in [0.1, 0.15) is 12.1 Å². The van der Waals surface area contributed by atoms with Crippen LogP contribution in [0.15, 0.2) is 60.2 Å². The first-order valence-electron chi connectivity index (χ1n) is 12.5. The summed E-state index contributed by atoms with van der Waals surface area (Å²) >= 11 is 0. The van der Waals surface area contributed by atoms with Crippen LogP contribution in [0, 0.1) is 11.7 Å². The average Bonchev–Trinajstić information content (AvgIpc) is 3.27. The second-order valence-electron chi connectivity index (χ2n) is 10.1. The molecule has 1 aliphatic rings. The Morgan fingerprint density at radius 2 is 1.74 bits per heavy atom. The van der Waals surface area contributed by atoms with E-state index < -0.39 is 0 Å². The topological polar surface area (TPSA) is 49.6 Å². The van der Waals surface area contributed by atoms with Crippen molar-refractivity contribution in [2.75, 3.05) is 31.1 Å². The van der Waals surface area contributed by atoms with Crippen molar-refractivity contribution in [3.05, 3.63) is 77.1 Å². The molecule has 1 saturated heterocycles. The fourth-order valence-corrected chi connectivity index (χ4v) is 4.81. The number of allylic oxidation sites excluding steroid dienone is 1. The lowest BCUT2D eigenvalue weighted by molar-refractivity contribution is -0.109. The fourth-order valence-electron chi connectivity index (χ4n) is 4.81. The Morgan fingerprint density at radius 3 is 2.32 bits per heavy atom. The number of anilines is 1. The van der Waals surface area contributed by atoms with E-state index in [4.69, 9.17) is 5.73 Å². The Morgan fingerprint density at radius 1 is 1.12 bits per heavy atom. The van der Waals surface area contributed by atoms with E-state index in [2.05, 4.69) is 60.9 Å². The molecule has 1 heterocycles. The van der Waals surface area contributed by atoms with Crippen molar-refractivity contribution < 1.29 is 9.18 Å². The van der Waals surface area contributed by atoms with Gasteiger partial charge >= 0.3 is 0 Å². The van der Waals surface area contributed by atoms with Gasteiger partial charge in [0, 0.05) is 37.9 Å². The number of rotatable bonds is 12. The number of nitrogens with two attached hydrogens (primary N) is 1. The molecule has 1 fully saturated rings. The molecule has 3 unspecified atom stereocenters. The molecule has 0 aromatic heterocycles. The van der Waals surface area contributed by atoms with E-state index in [1.54, 1.807) is 0 Å². The van der Waals surface area contributed by atoms with Crippen molar-refractivity contribution in [3.63, 3.8) is 0 Å². The van der Waals surface area contributed by atoms with Gasteiger partial charge in [-0.2, -0.15) is 0 Å². The number of nitrogens with zero attached hydrogens (tertiary/aromatic N) is 2. The lowest BCUT2D eigenvalue weighted by Gasteiger charge is -2.31. The maximum Gasteiger partial charge on any atom is 0.136 e. The lowest BCUT2D eigenvalue weighted by Crippen LogP contribution is -2.39. The molecule has 0 aliphatic carbocycles. The van der Waals surface area contributed by atoms with Gasteiger partial charge in [-0.15, -0.1) is 0 Å². The molecule has 4 nitrogen and oxygen atoms in total. The molecule has 0 bridgehead atoms. The van der Waals surface area contributed by atoms with Crippen LogP contribution in [0.25, 0.3) is 0 Å². The Hall–Kier alpha value is -2.50. The number of hydrogen-bond acceptors (Lipinski definition) is 4. The summed E-state index contributed by atoms with van der Waals surface area (Å²) in [5, 5.41) is 0. The zero-order chi connectivity index (χ0) is 24.5. The quantitative estimate of drug-likeness (QED) is 0.354. The molecule has 2 N–H and O–H groups in total. The van der Waals surface area contributed by atoms with E-state index in [1.807, 2.05) is 12.1 Å². The van der Waals surface area contributed by atoms with E-state index in [-0.39, 0.29) is 11.9 Å². The van der Waals surface area contributed by atoms with E-state index in [9.17, 15) is 9.18 Å². The standard InChI is InChI=1S/C29H40FN3O/c1-22(2)14-17-33(29-15-16-32(20-29)19-23(3)18-27(31)21-34)28-12-8-25(9-13-28)5-4-24-6-10-26(30)11-7-24/h6-14,21,23,27,29H,4-5,15-20,31H2,1-3H3. The van der Waals surface area contributed by atoms with Crippen molar-refractivity contribution >= 4 is 12.0 Å². The van der Waals surface area contributed by atoms with Crippen LogP contribution in [0.1, 0.15) is 44.7 Å². The van der Waals surface area contributed by atoms with Gasteiger partial charge < -0.3 is 20.3 Å². The number of carbonyl (C=O) groups is 1. The molecule has 0 spiro atoms. The van der Waals surface area contributed by atoms with Crippen LogP contribution in [0.2, 0.25) is 0 Å². The first-order valence-corrected chi connectivity index (χ1v) is 12.5. The molecule has 5 heteroatoms. The zero-order valence-electron chi connectivity index (χ0n) is 20.9. The molecule has 184 valence electrons. The van der Waals surface area contributed by atoms with Gasteiger partial charge in [0.2, 0.25) is 0 Å². The van der Waals surface area contributed by atoms with Crippen molar-refractivity contribution in [3.8, 4) is 0 Å². The highest BCUT2D eigenvalue weighted by Crippen LogP contribution is 2.25. The van der Waals surface area contributed by atoms with E-state index in [1.165, 1.54) is 29.0 Å². The number of hydrogen-bond donors (Lipinski definition) is 1. The Labute approximate surface area is 204 Å². The Balaban J connectivity index is 1.62. The first kappa shape index (κ1) is 26.1. The third-order valence-corrected chi connectivity index (χ3v) is 6.69. The SMILES string of the molecule is CC(C)=CCN(c1ccc(CCc2ccc(F)cc2)cc1)C1CCN(CC(C)CC(N)C=O)C1. The van der Waals surface area contributed by atoms with Crippen LogP contribution < -0.4 is 10.6 Å². The van der Waals surface area contributed by atoms with Gasteiger partial charge in [-0.3, -0.25) is 0 Å². The summed E-state index contributed by atoms with van der Waals surface area (Å²) in [7, 11) is 0. The monoisotopic (exact) mass is 465 g/mol. The van der Waals surface area contributed by atoms with Crippen molar-refractivity contribution in [2.45, 2.75) is 58.5 Å². The summed E-state index contributed by atoms with van der Waals surface area (Å²) in [5.41, 5.74) is 10.9. The molecule has 1 aliphatic heterocycles. The summed E-state index contributed by atoms with van der Waals surface area (Å²) in [6.07, 6.45) is 6.88. The molecule has 3 atom stereocenters. The minimum Gasteiger partial charge on any atom is -0.363 e. The van der Waals surface area contributed by atoms with Crippen molar-refractivity contribution in [1.82, 2.24) is 4.90 Å². The van der Waals surface area contributed by atoms with Gasteiger partial charge in [-0.05, 0) is 80.8 Å². The predicted octanol–water partition coefficient (Wildman–Crippen LogP) is 5.01. The van der Waals surface area contributed by atoms with Crippen LogP contribution in [0.5, 0.6) is 0 Å². The van der Waals surface area contributed by atoms with Crippen molar-refractivity contribution in [1.29, 1.82) is 0 Å². The largest absolute Gasteiger partial charge is 0.363 e. The van der Waals surface area contributed by atoms with Crippen LogP contribution in [-0.2, 0) is 17.6 Å². The highest BCUT2D eigenvalue weighted by atomic mass is 19.1. The molecular formula is C29H40FN3O. The number of benzene rings is 2. The normalized spacial score (nSPS) is 17.9. The van der Waals surface area contributed by atoms with E-state index >= 15 is 0 Å². The summed E-state index contributed by atoms with van der Waals surface area (Å²) in [4.78, 5) is 15.9. The van der Waals surface area contributed by atoms with Gasteiger partial charge in [0.25, 0.3) is 0 Å². The molecule has 3 rings (SSSR count). The van der Waals surface area contributed by atoms with Gasteiger partial charge in [0.05, 0.1) is 6.04 Å². The van der Waals surface area contributed by atoms with Crippen LogP contribution in [0.3, 0.4) is 0 Å². The highest BCUT2D eigenvalue weighted by Gasteiger charge is 2.28. The van der Waals surface area contributed by atoms with Gasteiger partial charge in [-0.25, -0.2) is 4.39 Å². The third kappa shape index (κ3) is 8.07. The summed E-state index contributed by atoms with van der Waals surface area (Å²) in [6.45, 7) is 10.5. The molecule has 0 amide bonds. The summed E-state index contributed by atoms with van der Waals surface area (Å²) in [6, 6.07) is 15.8.